The van der Waals surface area contributed by atoms with Gasteiger partial charge in [0.15, 0.2) is 35.1 Å². The second-order valence-electron chi connectivity index (χ2n) is 7.39. The molecule has 0 spiro atoms. The van der Waals surface area contributed by atoms with E-state index in [2.05, 4.69) is 0 Å². The van der Waals surface area contributed by atoms with Gasteiger partial charge in [-0.15, -0.1) is 0 Å². The summed E-state index contributed by atoms with van der Waals surface area (Å²) in [5, 5.41) is 19.7. The Balaban J connectivity index is 1.62. The predicted molar refractivity (Wildman–Crippen MR) is 126 cm³/mol. The molecule has 1 unspecified atom stereocenters. The van der Waals surface area contributed by atoms with Crippen LogP contribution in [-0.2, 0) is 9.53 Å². The number of aromatic hydroxyl groups is 1. The SMILES string of the molecule is COc1cc(/C=C/C(=O)C=C(O)/C=C/c2ccc(OC3CCCCO3)c(OC)c2)ccc1O. The summed E-state index contributed by atoms with van der Waals surface area (Å²) in [6.07, 6.45) is 9.76. The van der Waals surface area contributed by atoms with Crippen molar-refractivity contribution in [2.24, 2.45) is 0 Å². The highest BCUT2D eigenvalue weighted by atomic mass is 16.7. The van der Waals surface area contributed by atoms with Crippen LogP contribution >= 0.6 is 0 Å². The number of hydrogen-bond donors (Lipinski definition) is 2. The molecule has 1 atom stereocenters. The Morgan fingerprint density at radius 3 is 2.36 bits per heavy atom. The zero-order chi connectivity index (χ0) is 23.6. The highest BCUT2D eigenvalue weighted by Crippen LogP contribution is 2.31. The van der Waals surface area contributed by atoms with E-state index < -0.39 is 5.78 Å². The minimum Gasteiger partial charge on any atom is -0.508 e. The molecule has 0 bridgehead atoms. The fraction of sp³-hybridized carbons (Fsp3) is 0.269. The molecule has 2 aromatic carbocycles. The molecule has 33 heavy (non-hydrogen) atoms. The van der Waals surface area contributed by atoms with Gasteiger partial charge in [0.25, 0.3) is 0 Å². The van der Waals surface area contributed by atoms with Crippen molar-refractivity contribution < 1.29 is 34.0 Å². The molecule has 0 aliphatic carbocycles. The molecule has 1 saturated heterocycles. The molecule has 2 N–H and O–H groups in total. The minimum absolute atomic E-state index is 0.0159. The van der Waals surface area contributed by atoms with Crippen LogP contribution in [0.25, 0.3) is 12.2 Å². The van der Waals surface area contributed by atoms with Gasteiger partial charge in [0, 0.05) is 12.5 Å². The van der Waals surface area contributed by atoms with E-state index in [9.17, 15) is 15.0 Å². The fourth-order valence-electron chi connectivity index (χ4n) is 3.23. The van der Waals surface area contributed by atoms with Crippen LogP contribution < -0.4 is 14.2 Å². The number of methoxy groups -OCH3 is 2. The molecule has 0 radical (unpaired) electrons. The van der Waals surface area contributed by atoms with Gasteiger partial charge in [-0.05, 0) is 60.4 Å². The molecule has 0 aromatic heterocycles. The molecule has 7 heteroatoms. The van der Waals surface area contributed by atoms with Crippen molar-refractivity contribution in [2.75, 3.05) is 20.8 Å². The normalized spacial score (nSPS) is 16.8. The lowest BCUT2D eigenvalue weighted by Crippen LogP contribution is -2.25. The van der Waals surface area contributed by atoms with Gasteiger partial charge < -0.3 is 29.2 Å². The van der Waals surface area contributed by atoms with Gasteiger partial charge in [-0.2, -0.15) is 0 Å². The maximum Gasteiger partial charge on any atom is 0.200 e. The maximum absolute atomic E-state index is 12.1. The molecule has 0 amide bonds. The molecular formula is C26H28O7. The van der Waals surface area contributed by atoms with Crippen LogP contribution in [0.15, 0.2) is 60.4 Å². The number of carbonyl (C=O) groups excluding carboxylic acids is 1. The maximum atomic E-state index is 12.1. The number of allylic oxidation sites excluding steroid dienone is 3. The van der Waals surface area contributed by atoms with E-state index in [4.69, 9.17) is 18.9 Å². The van der Waals surface area contributed by atoms with Gasteiger partial charge in [-0.1, -0.05) is 24.3 Å². The first kappa shape index (κ1) is 23.9. The molecule has 0 saturated carbocycles. The largest absolute Gasteiger partial charge is 0.508 e. The Morgan fingerprint density at radius 1 is 0.970 bits per heavy atom. The third kappa shape index (κ3) is 7.15. The quantitative estimate of drug-likeness (QED) is 0.312. The number of phenols is 1. The topological polar surface area (TPSA) is 94.5 Å². The highest BCUT2D eigenvalue weighted by Gasteiger charge is 2.17. The number of benzene rings is 2. The molecule has 2 aromatic rings. The Labute approximate surface area is 193 Å². The zero-order valence-corrected chi connectivity index (χ0v) is 18.7. The zero-order valence-electron chi connectivity index (χ0n) is 18.7. The van der Waals surface area contributed by atoms with E-state index in [0.29, 0.717) is 29.4 Å². The van der Waals surface area contributed by atoms with Gasteiger partial charge in [-0.25, -0.2) is 0 Å². The third-order valence-corrected chi connectivity index (χ3v) is 4.96. The van der Waals surface area contributed by atoms with Gasteiger partial charge in [-0.3, -0.25) is 4.79 Å². The molecule has 1 fully saturated rings. The van der Waals surface area contributed by atoms with Gasteiger partial charge in [0.1, 0.15) is 5.76 Å². The molecule has 1 aliphatic heterocycles. The molecule has 1 aliphatic rings. The number of aliphatic hydroxyl groups excluding tert-OH is 1. The molecule has 3 rings (SSSR count). The van der Waals surface area contributed by atoms with E-state index in [1.807, 2.05) is 6.07 Å². The van der Waals surface area contributed by atoms with Crippen LogP contribution in [0.5, 0.6) is 23.0 Å². The molecular weight excluding hydrogens is 424 g/mol. The van der Waals surface area contributed by atoms with Crippen molar-refractivity contribution in [3.05, 3.63) is 71.5 Å². The summed E-state index contributed by atoms with van der Waals surface area (Å²) in [5.74, 6) is 0.887. The second kappa shape index (κ2) is 11.8. The van der Waals surface area contributed by atoms with Crippen LogP contribution in [0, 0.1) is 0 Å². The van der Waals surface area contributed by atoms with Crippen molar-refractivity contribution in [3.63, 3.8) is 0 Å². The Morgan fingerprint density at radius 2 is 1.67 bits per heavy atom. The Kier molecular flexibility index (Phi) is 8.55. The van der Waals surface area contributed by atoms with E-state index in [1.54, 1.807) is 43.5 Å². The van der Waals surface area contributed by atoms with Gasteiger partial charge in [0.2, 0.25) is 0 Å². The van der Waals surface area contributed by atoms with Crippen LogP contribution in [0.4, 0.5) is 0 Å². The van der Waals surface area contributed by atoms with Gasteiger partial charge >= 0.3 is 0 Å². The van der Waals surface area contributed by atoms with Crippen LogP contribution in [-0.4, -0.2) is 43.1 Å². The van der Waals surface area contributed by atoms with Crippen molar-refractivity contribution in [3.8, 4) is 23.0 Å². The minimum atomic E-state index is -0.391. The standard InChI is InChI=1S/C26H28O7/c1-30-24-15-18(8-12-22(24)29)6-10-20(27)17-21(28)11-7-19-9-13-23(25(16-19)31-2)33-26-5-3-4-14-32-26/h6-13,15-17,26,28-29H,3-5,14H2,1-2H3/b10-6+,11-7+,21-17?. The van der Waals surface area contributed by atoms with Crippen molar-refractivity contribution in [2.45, 2.75) is 25.6 Å². The summed E-state index contributed by atoms with van der Waals surface area (Å²) >= 11 is 0. The molecule has 7 nitrogen and oxygen atoms in total. The number of rotatable bonds is 9. The van der Waals surface area contributed by atoms with E-state index in [1.165, 1.54) is 25.3 Å². The monoisotopic (exact) mass is 452 g/mol. The smallest absolute Gasteiger partial charge is 0.200 e. The highest BCUT2D eigenvalue weighted by molar-refractivity contribution is 6.02. The van der Waals surface area contributed by atoms with Crippen molar-refractivity contribution in [1.82, 2.24) is 0 Å². The average Bonchev–Trinajstić information content (AvgIpc) is 2.83. The molecule has 1 heterocycles. The molecule has 174 valence electrons. The number of phenolic OH excluding ortho intramolecular Hbond substituents is 1. The van der Waals surface area contributed by atoms with Crippen LogP contribution in [0.2, 0.25) is 0 Å². The first-order valence-electron chi connectivity index (χ1n) is 10.6. The third-order valence-electron chi connectivity index (χ3n) is 4.96. The lowest BCUT2D eigenvalue weighted by Gasteiger charge is -2.24. The summed E-state index contributed by atoms with van der Waals surface area (Å²) < 4.78 is 22.0. The van der Waals surface area contributed by atoms with Crippen molar-refractivity contribution in [1.29, 1.82) is 0 Å². The number of ketones is 1. The number of ether oxygens (including phenoxy) is 4. The van der Waals surface area contributed by atoms with E-state index in [-0.39, 0.29) is 17.8 Å². The Bertz CT molecular complexity index is 1050. The first-order chi connectivity index (χ1) is 16.0. The summed E-state index contributed by atoms with van der Waals surface area (Å²) in [6.45, 7) is 0.691. The van der Waals surface area contributed by atoms with E-state index >= 15 is 0 Å². The summed E-state index contributed by atoms with van der Waals surface area (Å²) in [7, 11) is 3.01. The van der Waals surface area contributed by atoms with Crippen molar-refractivity contribution >= 4 is 17.9 Å². The lowest BCUT2D eigenvalue weighted by molar-refractivity contribution is -0.110. The summed E-state index contributed by atoms with van der Waals surface area (Å²) in [6, 6.07) is 10.1. The van der Waals surface area contributed by atoms with Gasteiger partial charge in [0.05, 0.1) is 20.8 Å². The first-order valence-corrected chi connectivity index (χ1v) is 10.6. The fourth-order valence-corrected chi connectivity index (χ4v) is 3.23. The number of aliphatic hydroxyl groups is 1. The Hall–Kier alpha value is -3.71. The predicted octanol–water partition coefficient (Wildman–Crippen LogP) is 5.05. The summed E-state index contributed by atoms with van der Waals surface area (Å²) in [5.41, 5.74) is 1.44. The average molecular weight is 453 g/mol. The van der Waals surface area contributed by atoms with Crippen LogP contribution in [0.3, 0.4) is 0 Å². The number of hydrogen-bond acceptors (Lipinski definition) is 7. The second-order valence-corrected chi connectivity index (χ2v) is 7.39. The lowest BCUT2D eigenvalue weighted by atomic mass is 10.1. The van der Waals surface area contributed by atoms with Crippen LogP contribution in [0.1, 0.15) is 30.4 Å². The van der Waals surface area contributed by atoms with E-state index in [0.717, 1.165) is 30.9 Å². The summed E-state index contributed by atoms with van der Waals surface area (Å²) in [4.78, 5) is 12.1. The number of carbonyl (C=O) groups is 1.